The fraction of sp³-hybridized carbons (Fsp3) is 0.273. The van der Waals surface area contributed by atoms with Gasteiger partial charge >= 0.3 is 6.18 Å². The van der Waals surface area contributed by atoms with Gasteiger partial charge in [-0.25, -0.2) is 0 Å². The Labute approximate surface area is 91.1 Å². The van der Waals surface area contributed by atoms with Gasteiger partial charge in [-0.2, -0.15) is 13.2 Å². The van der Waals surface area contributed by atoms with Crippen molar-refractivity contribution in [2.45, 2.75) is 12.6 Å². The summed E-state index contributed by atoms with van der Waals surface area (Å²) in [5.41, 5.74) is -0.706. The third kappa shape index (κ3) is 3.49. The monoisotopic (exact) mass is 232 g/mol. The first-order valence-electron chi connectivity index (χ1n) is 4.27. The van der Waals surface area contributed by atoms with E-state index >= 15 is 0 Å². The molecular formula is C11H8ClF3. The van der Waals surface area contributed by atoms with E-state index in [0.29, 0.717) is 12.3 Å². The molecule has 0 unspecified atom stereocenters. The van der Waals surface area contributed by atoms with Gasteiger partial charge < -0.3 is 0 Å². The average Bonchev–Trinajstić information content (AvgIpc) is 2.17. The standard InChI is InChI=1S/C11H8ClF3/c12-8-4-3-6-9-5-1-2-7-10(9)11(13,14)15/h1-2,5,7H,4,8H2. The lowest BCUT2D eigenvalue weighted by Crippen LogP contribution is -2.07. The molecule has 0 nitrogen and oxygen atoms in total. The van der Waals surface area contributed by atoms with Gasteiger partial charge in [-0.3, -0.25) is 0 Å². The first-order chi connectivity index (χ1) is 7.05. The summed E-state index contributed by atoms with van der Waals surface area (Å²) in [6, 6.07) is 5.24. The summed E-state index contributed by atoms with van der Waals surface area (Å²) in [6.45, 7) is 0. The quantitative estimate of drug-likeness (QED) is 0.512. The van der Waals surface area contributed by atoms with Crippen molar-refractivity contribution < 1.29 is 13.2 Å². The van der Waals surface area contributed by atoms with Crippen molar-refractivity contribution in [3.63, 3.8) is 0 Å². The second-order valence-corrected chi connectivity index (χ2v) is 3.16. The third-order valence-corrected chi connectivity index (χ3v) is 1.86. The molecule has 0 aliphatic carbocycles. The predicted octanol–water partition coefficient (Wildman–Crippen LogP) is 3.69. The van der Waals surface area contributed by atoms with Crippen molar-refractivity contribution in [3.8, 4) is 11.8 Å². The van der Waals surface area contributed by atoms with E-state index in [2.05, 4.69) is 11.8 Å². The highest BCUT2D eigenvalue weighted by atomic mass is 35.5. The number of rotatable bonds is 1. The zero-order valence-corrected chi connectivity index (χ0v) is 8.49. The fourth-order valence-corrected chi connectivity index (χ4v) is 1.14. The van der Waals surface area contributed by atoms with Crippen LogP contribution in [0.2, 0.25) is 0 Å². The van der Waals surface area contributed by atoms with Crippen LogP contribution in [0.4, 0.5) is 13.2 Å². The molecule has 0 amide bonds. The summed E-state index contributed by atoms with van der Waals surface area (Å²) >= 11 is 5.37. The van der Waals surface area contributed by atoms with Crippen LogP contribution >= 0.6 is 11.6 Å². The molecule has 0 bridgehead atoms. The van der Waals surface area contributed by atoms with Crippen LogP contribution in [0.15, 0.2) is 24.3 Å². The second-order valence-electron chi connectivity index (χ2n) is 2.78. The zero-order chi connectivity index (χ0) is 11.3. The van der Waals surface area contributed by atoms with Gasteiger partial charge in [0.2, 0.25) is 0 Å². The maximum absolute atomic E-state index is 12.5. The van der Waals surface area contributed by atoms with E-state index in [0.717, 1.165) is 6.07 Å². The molecule has 80 valence electrons. The largest absolute Gasteiger partial charge is 0.417 e. The smallest absolute Gasteiger partial charge is 0.166 e. The molecule has 0 atom stereocenters. The number of benzene rings is 1. The average molecular weight is 233 g/mol. The minimum atomic E-state index is -4.35. The van der Waals surface area contributed by atoms with Gasteiger partial charge in [-0.15, -0.1) is 11.6 Å². The Morgan fingerprint density at radius 3 is 2.47 bits per heavy atom. The molecule has 0 radical (unpaired) electrons. The van der Waals surface area contributed by atoms with Gasteiger partial charge in [0.15, 0.2) is 0 Å². The van der Waals surface area contributed by atoms with E-state index in [-0.39, 0.29) is 5.56 Å². The number of halogens is 4. The summed E-state index contributed by atoms with van der Waals surface area (Å²) in [4.78, 5) is 0. The SMILES string of the molecule is FC(F)(F)c1ccccc1C#CCCCl. The second kappa shape index (κ2) is 5.09. The van der Waals surface area contributed by atoms with E-state index in [1.165, 1.54) is 18.2 Å². The highest BCUT2D eigenvalue weighted by molar-refractivity contribution is 6.18. The van der Waals surface area contributed by atoms with Crippen molar-refractivity contribution in [1.82, 2.24) is 0 Å². The minimum absolute atomic E-state index is 0.00452. The lowest BCUT2D eigenvalue weighted by Gasteiger charge is -2.07. The normalized spacial score (nSPS) is 10.7. The lowest BCUT2D eigenvalue weighted by atomic mass is 10.1. The van der Waals surface area contributed by atoms with Gasteiger partial charge in [0.25, 0.3) is 0 Å². The molecule has 0 saturated heterocycles. The Bertz CT molecular complexity index is 385. The summed E-state index contributed by atoms with van der Waals surface area (Å²) in [5.74, 6) is 5.37. The molecule has 4 heteroatoms. The minimum Gasteiger partial charge on any atom is -0.166 e. The van der Waals surface area contributed by atoms with Crippen LogP contribution in [0, 0.1) is 11.8 Å². The summed E-state index contributed by atoms with van der Waals surface area (Å²) in [7, 11) is 0. The fourth-order valence-electron chi connectivity index (χ4n) is 1.04. The highest BCUT2D eigenvalue weighted by Gasteiger charge is 2.32. The van der Waals surface area contributed by atoms with E-state index in [1.807, 2.05) is 0 Å². The Hall–Kier alpha value is -1.14. The van der Waals surface area contributed by atoms with Crippen molar-refractivity contribution in [2.24, 2.45) is 0 Å². The first-order valence-corrected chi connectivity index (χ1v) is 4.80. The summed E-state index contributed by atoms with van der Waals surface area (Å²) < 4.78 is 37.4. The molecule has 0 aromatic heterocycles. The molecular weight excluding hydrogens is 225 g/mol. The number of hydrogen-bond acceptors (Lipinski definition) is 0. The lowest BCUT2D eigenvalue weighted by molar-refractivity contribution is -0.137. The molecule has 0 fully saturated rings. The van der Waals surface area contributed by atoms with Gasteiger partial charge in [0.05, 0.1) is 5.56 Å². The van der Waals surface area contributed by atoms with Crippen LogP contribution in [-0.2, 0) is 6.18 Å². The van der Waals surface area contributed by atoms with Crippen LogP contribution in [-0.4, -0.2) is 5.88 Å². The molecule has 1 aromatic rings. The maximum Gasteiger partial charge on any atom is 0.417 e. The van der Waals surface area contributed by atoms with Crippen LogP contribution < -0.4 is 0 Å². The van der Waals surface area contributed by atoms with Crippen LogP contribution in [0.25, 0.3) is 0 Å². The van der Waals surface area contributed by atoms with Crippen LogP contribution in [0.1, 0.15) is 17.5 Å². The van der Waals surface area contributed by atoms with Crippen molar-refractivity contribution in [2.75, 3.05) is 5.88 Å². The Morgan fingerprint density at radius 2 is 1.87 bits per heavy atom. The molecule has 0 saturated carbocycles. The molecule has 15 heavy (non-hydrogen) atoms. The number of hydrogen-bond donors (Lipinski definition) is 0. The first kappa shape index (κ1) is 11.9. The molecule has 0 spiro atoms. The topological polar surface area (TPSA) is 0 Å². The van der Waals surface area contributed by atoms with E-state index < -0.39 is 11.7 Å². The Balaban J connectivity index is 3.04. The zero-order valence-electron chi connectivity index (χ0n) is 7.74. The molecule has 0 aliphatic rings. The van der Waals surface area contributed by atoms with Crippen molar-refractivity contribution >= 4 is 11.6 Å². The molecule has 0 N–H and O–H groups in total. The Morgan fingerprint density at radius 1 is 1.20 bits per heavy atom. The van der Waals surface area contributed by atoms with E-state index in [1.54, 1.807) is 0 Å². The van der Waals surface area contributed by atoms with Crippen LogP contribution in [0.5, 0.6) is 0 Å². The van der Waals surface area contributed by atoms with E-state index in [9.17, 15) is 13.2 Å². The van der Waals surface area contributed by atoms with Gasteiger partial charge in [-0.05, 0) is 12.1 Å². The van der Waals surface area contributed by atoms with Gasteiger partial charge in [0, 0.05) is 17.9 Å². The van der Waals surface area contributed by atoms with Crippen molar-refractivity contribution in [3.05, 3.63) is 35.4 Å². The van der Waals surface area contributed by atoms with Gasteiger partial charge in [-0.1, -0.05) is 24.0 Å². The predicted molar refractivity (Wildman–Crippen MR) is 53.7 cm³/mol. The van der Waals surface area contributed by atoms with Crippen molar-refractivity contribution in [1.29, 1.82) is 0 Å². The van der Waals surface area contributed by atoms with Gasteiger partial charge in [0.1, 0.15) is 0 Å². The van der Waals surface area contributed by atoms with Crippen LogP contribution in [0.3, 0.4) is 0 Å². The molecule has 0 aliphatic heterocycles. The number of alkyl halides is 4. The highest BCUT2D eigenvalue weighted by Crippen LogP contribution is 2.31. The third-order valence-electron chi connectivity index (χ3n) is 1.68. The maximum atomic E-state index is 12.5. The summed E-state index contributed by atoms with van der Waals surface area (Å²) in [5, 5.41) is 0. The molecule has 1 rings (SSSR count). The Kier molecular flexibility index (Phi) is 4.05. The summed E-state index contributed by atoms with van der Waals surface area (Å²) in [6.07, 6.45) is -3.97. The van der Waals surface area contributed by atoms with E-state index in [4.69, 9.17) is 11.6 Å². The molecule has 1 aromatic carbocycles. The molecule has 0 heterocycles.